The average molecular weight is 334 g/mol. The van der Waals surface area contributed by atoms with Gasteiger partial charge in [0.25, 0.3) is 0 Å². The molecule has 1 unspecified atom stereocenters. The van der Waals surface area contributed by atoms with Gasteiger partial charge < -0.3 is 10.1 Å². The highest BCUT2D eigenvalue weighted by Gasteiger charge is 2.09. The molecule has 0 bridgehead atoms. The zero-order valence-electron chi connectivity index (χ0n) is 11.9. The molecule has 0 aliphatic carbocycles. The van der Waals surface area contributed by atoms with Crippen molar-refractivity contribution in [2.75, 3.05) is 11.9 Å². The van der Waals surface area contributed by atoms with Crippen LogP contribution in [0.2, 0.25) is 0 Å². The van der Waals surface area contributed by atoms with E-state index in [4.69, 9.17) is 4.74 Å². The Bertz CT molecular complexity index is 556. The molecule has 0 aliphatic rings. The predicted molar refractivity (Wildman–Crippen MR) is 88.4 cm³/mol. The molecule has 0 aliphatic heterocycles. The van der Waals surface area contributed by atoms with Crippen LogP contribution in [0.4, 0.5) is 5.69 Å². The van der Waals surface area contributed by atoms with Crippen molar-refractivity contribution in [1.29, 1.82) is 0 Å². The highest BCUT2D eigenvalue weighted by molar-refractivity contribution is 9.10. The lowest BCUT2D eigenvalue weighted by atomic mass is 10.1. The minimum Gasteiger partial charge on any atom is -0.491 e. The Balaban J connectivity index is 2.13. The molecule has 2 aromatic carbocycles. The van der Waals surface area contributed by atoms with Crippen molar-refractivity contribution < 1.29 is 4.74 Å². The number of halogens is 1. The molecule has 0 heterocycles. The molecular formula is C17H20BrNO. The number of nitrogens with one attached hydrogen (secondary N) is 1. The maximum absolute atomic E-state index is 5.78. The van der Waals surface area contributed by atoms with E-state index < -0.39 is 0 Å². The van der Waals surface area contributed by atoms with Gasteiger partial charge in [-0.05, 0) is 43.2 Å². The van der Waals surface area contributed by atoms with E-state index in [9.17, 15) is 0 Å². The summed E-state index contributed by atoms with van der Waals surface area (Å²) in [6, 6.07) is 16.6. The van der Waals surface area contributed by atoms with Gasteiger partial charge in [-0.2, -0.15) is 0 Å². The summed E-state index contributed by atoms with van der Waals surface area (Å²) in [6.07, 6.45) is 1.01. The van der Waals surface area contributed by atoms with E-state index in [0.29, 0.717) is 0 Å². The molecule has 0 fully saturated rings. The molecule has 0 saturated heterocycles. The summed E-state index contributed by atoms with van der Waals surface area (Å²) in [7, 11) is 0. The van der Waals surface area contributed by atoms with Crippen molar-refractivity contribution in [2.24, 2.45) is 0 Å². The maximum atomic E-state index is 5.78. The van der Waals surface area contributed by atoms with Gasteiger partial charge in [-0.3, -0.25) is 0 Å². The van der Waals surface area contributed by atoms with Crippen molar-refractivity contribution in [3.63, 3.8) is 0 Å². The second-order valence-corrected chi connectivity index (χ2v) is 5.68. The van der Waals surface area contributed by atoms with Crippen LogP contribution in [0.15, 0.2) is 53.0 Å². The molecule has 3 heteroatoms. The Morgan fingerprint density at radius 1 is 1.15 bits per heavy atom. The van der Waals surface area contributed by atoms with Crippen molar-refractivity contribution in [2.45, 2.75) is 26.3 Å². The van der Waals surface area contributed by atoms with Crippen LogP contribution < -0.4 is 10.1 Å². The Kier molecular flexibility index (Phi) is 5.48. The summed E-state index contributed by atoms with van der Waals surface area (Å²) in [5, 5.41) is 3.52. The molecule has 2 rings (SSSR count). The predicted octanol–water partition coefficient (Wildman–Crippen LogP) is 5.41. The van der Waals surface area contributed by atoms with E-state index in [1.807, 2.05) is 24.3 Å². The fraction of sp³-hybridized carbons (Fsp3) is 0.294. The summed E-state index contributed by atoms with van der Waals surface area (Å²) in [5.41, 5.74) is 2.28. The molecule has 0 amide bonds. The molecule has 2 nitrogen and oxygen atoms in total. The highest BCUT2D eigenvalue weighted by Crippen LogP contribution is 2.28. The topological polar surface area (TPSA) is 21.3 Å². The lowest BCUT2D eigenvalue weighted by molar-refractivity contribution is 0.318. The van der Waals surface area contributed by atoms with Crippen LogP contribution in [0, 0.1) is 0 Å². The molecule has 2 aromatic rings. The van der Waals surface area contributed by atoms with Crippen LogP contribution in [0.5, 0.6) is 5.75 Å². The van der Waals surface area contributed by atoms with Crippen molar-refractivity contribution in [1.82, 2.24) is 0 Å². The second kappa shape index (κ2) is 7.34. The van der Waals surface area contributed by atoms with E-state index in [1.165, 1.54) is 5.56 Å². The van der Waals surface area contributed by atoms with Crippen molar-refractivity contribution in [3.05, 3.63) is 58.6 Å². The lowest BCUT2D eigenvalue weighted by Crippen LogP contribution is -2.08. The van der Waals surface area contributed by atoms with Gasteiger partial charge in [0.05, 0.1) is 12.3 Å². The molecular weight excluding hydrogens is 314 g/mol. The summed E-state index contributed by atoms with van der Waals surface area (Å²) in [6.45, 7) is 5.00. The number of benzene rings is 2. The summed E-state index contributed by atoms with van der Waals surface area (Å²) in [4.78, 5) is 0. The molecule has 0 spiro atoms. The van der Waals surface area contributed by atoms with Crippen molar-refractivity contribution >= 4 is 21.6 Å². The fourth-order valence-corrected chi connectivity index (χ4v) is 2.43. The van der Waals surface area contributed by atoms with Crippen LogP contribution in [-0.2, 0) is 0 Å². The van der Waals surface area contributed by atoms with Crippen LogP contribution in [0.3, 0.4) is 0 Å². The van der Waals surface area contributed by atoms with Gasteiger partial charge in [0.2, 0.25) is 0 Å². The largest absolute Gasteiger partial charge is 0.491 e. The van der Waals surface area contributed by atoms with Gasteiger partial charge in [0.1, 0.15) is 5.75 Å². The summed E-state index contributed by atoms with van der Waals surface area (Å²) in [5.74, 6) is 0.913. The molecule has 20 heavy (non-hydrogen) atoms. The smallest absolute Gasteiger partial charge is 0.142 e. The lowest BCUT2D eigenvalue weighted by Gasteiger charge is -2.18. The van der Waals surface area contributed by atoms with E-state index in [-0.39, 0.29) is 6.04 Å². The third kappa shape index (κ3) is 4.01. The number of hydrogen-bond acceptors (Lipinski definition) is 2. The first-order chi connectivity index (χ1) is 9.70. The average Bonchev–Trinajstić information content (AvgIpc) is 2.46. The van der Waals surface area contributed by atoms with Gasteiger partial charge in [0.15, 0.2) is 0 Å². The third-order valence-electron chi connectivity index (χ3n) is 3.07. The van der Waals surface area contributed by atoms with Crippen molar-refractivity contribution in [3.8, 4) is 5.75 Å². The molecule has 0 radical (unpaired) electrons. The highest BCUT2D eigenvalue weighted by atomic mass is 79.9. The minimum absolute atomic E-state index is 0.221. The van der Waals surface area contributed by atoms with E-state index in [0.717, 1.165) is 28.9 Å². The van der Waals surface area contributed by atoms with Crippen LogP contribution in [-0.4, -0.2) is 6.61 Å². The maximum Gasteiger partial charge on any atom is 0.142 e. The van der Waals surface area contributed by atoms with E-state index in [2.05, 4.69) is 59.4 Å². The molecule has 0 saturated carbocycles. The first-order valence-corrected chi connectivity index (χ1v) is 7.74. The van der Waals surface area contributed by atoms with E-state index in [1.54, 1.807) is 0 Å². The fourth-order valence-electron chi connectivity index (χ4n) is 2.02. The van der Waals surface area contributed by atoms with Gasteiger partial charge in [-0.25, -0.2) is 0 Å². The zero-order chi connectivity index (χ0) is 14.4. The number of rotatable bonds is 6. The van der Waals surface area contributed by atoms with Gasteiger partial charge >= 0.3 is 0 Å². The monoisotopic (exact) mass is 333 g/mol. The Morgan fingerprint density at radius 2 is 1.95 bits per heavy atom. The van der Waals surface area contributed by atoms with E-state index >= 15 is 0 Å². The normalized spacial score (nSPS) is 11.9. The van der Waals surface area contributed by atoms with Crippen LogP contribution >= 0.6 is 15.9 Å². The Hall–Kier alpha value is -1.48. The molecule has 1 N–H and O–H groups in total. The molecule has 106 valence electrons. The second-order valence-electron chi connectivity index (χ2n) is 4.77. The third-order valence-corrected chi connectivity index (χ3v) is 3.56. The van der Waals surface area contributed by atoms with Gasteiger partial charge in [0, 0.05) is 10.5 Å². The summed E-state index contributed by atoms with van der Waals surface area (Å²) < 4.78 is 6.87. The SMILES string of the molecule is CCCOc1ccccc1NC(C)c1cccc(Br)c1. The summed E-state index contributed by atoms with van der Waals surface area (Å²) >= 11 is 3.51. The molecule has 1 atom stereocenters. The Labute approximate surface area is 129 Å². The standard InChI is InChI=1S/C17H20BrNO/c1-3-11-20-17-10-5-4-9-16(17)19-13(2)14-7-6-8-15(18)12-14/h4-10,12-13,19H,3,11H2,1-2H3. The quantitative estimate of drug-likeness (QED) is 0.762. The minimum atomic E-state index is 0.221. The number of hydrogen-bond donors (Lipinski definition) is 1. The Morgan fingerprint density at radius 3 is 2.70 bits per heavy atom. The zero-order valence-corrected chi connectivity index (χ0v) is 13.5. The number of anilines is 1. The number of ether oxygens (including phenoxy) is 1. The first-order valence-electron chi connectivity index (χ1n) is 6.94. The van der Waals surface area contributed by atoms with Crippen LogP contribution in [0.1, 0.15) is 31.9 Å². The van der Waals surface area contributed by atoms with Gasteiger partial charge in [-0.1, -0.05) is 47.1 Å². The number of para-hydroxylation sites is 2. The van der Waals surface area contributed by atoms with Gasteiger partial charge in [-0.15, -0.1) is 0 Å². The van der Waals surface area contributed by atoms with Crippen LogP contribution in [0.25, 0.3) is 0 Å². The first kappa shape index (κ1) is 14.9. The molecule has 0 aromatic heterocycles.